The second-order valence-corrected chi connectivity index (χ2v) is 4.77. The zero-order valence-electron chi connectivity index (χ0n) is 11.9. The highest BCUT2D eigenvalue weighted by Gasteiger charge is 2.12. The molecule has 102 valence electrons. The zero-order chi connectivity index (χ0) is 14.3. The second-order valence-electron chi connectivity index (χ2n) is 4.77. The number of nitrogens with one attached hydrogen (secondary N) is 1. The first-order valence-corrected chi connectivity index (χ1v) is 6.68. The average Bonchev–Trinajstić information content (AvgIpc) is 2.36. The highest BCUT2D eigenvalue weighted by Crippen LogP contribution is 2.16. The van der Waals surface area contributed by atoms with Gasteiger partial charge in [-0.25, -0.2) is 0 Å². The van der Waals surface area contributed by atoms with Crippen molar-refractivity contribution in [2.45, 2.75) is 33.6 Å². The molecule has 1 rings (SSSR count). The Labute approximate surface area is 115 Å². The molecule has 0 fully saturated rings. The van der Waals surface area contributed by atoms with Crippen LogP contribution in [0.1, 0.15) is 37.8 Å². The van der Waals surface area contributed by atoms with Gasteiger partial charge in [0.2, 0.25) is 5.91 Å². The molecule has 1 atom stereocenters. The highest BCUT2D eigenvalue weighted by molar-refractivity contribution is 5.92. The maximum Gasteiger partial charge on any atom is 0.227 e. The fourth-order valence-electron chi connectivity index (χ4n) is 1.91. The molecule has 1 amide bonds. The van der Waals surface area contributed by atoms with Crippen molar-refractivity contribution in [3.05, 3.63) is 29.3 Å². The van der Waals surface area contributed by atoms with Crippen LogP contribution >= 0.6 is 0 Å². The molecule has 0 spiro atoms. The van der Waals surface area contributed by atoms with Crippen molar-refractivity contribution in [2.75, 3.05) is 11.9 Å². The maximum atomic E-state index is 12.0. The minimum absolute atomic E-state index is 0.0316. The highest BCUT2D eigenvalue weighted by atomic mass is 16.1. The van der Waals surface area contributed by atoms with Crippen LogP contribution in [0.4, 0.5) is 5.69 Å². The van der Waals surface area contributed by atoms with Crippen molar-refractivity contribution in [2.24, 2.45) is 11.7 Å². The van der Waals surface area contributed by atoms with Gasteiger partial charge in [0.15, 0.2) is 0 Å². The Morgan fingerprint density at radius 1 is 1.42 bits per heavy atom. The van der Waals surface area contributed by atoms with Crippen LogP contribution in [0.15, 0.2) is 18.2 Å². The Morgan fingerprint density at radius 3 is 2.79 bits per heavy atom. The third kappa shape index (κ3) is 5.15. The summed E-state index contributed by atoms with van der Waals surface area (Å²) in [6.45, 7) is 6.35. The van der Waals surface area contributed by atoms with E-state index >= 15 is 0 Å². The Hall–Kier alpha value is -1.79. The van der Waals surface area contributed by atoms with Gasteiger partial charge in [0, 0.05) is 17.2 Å². The van der Waals surface area contributed by atoms with Gasteiger partial charge in [-0.3, -0.25) is 4.79 Å². The number of anilines is 1. The number of hydrogen-bond acceptors (Lipinski definition) is 2. The van der Waals surface area contributed by atoms with Crippen LogP contribution in [0.25, 0.3) is 0 Å². The van der Waals surface area contributed by atoms with Crippen molar-refractivity contribution >= 4 is 11.6 Å². The van der Waals surface area contributed by atoms with Crippen LogP contribution in [0.3, 0.4) is 0 Å². The summed E-state index contributed by atoms with van der Waals surface area (Å²) in [6.07, 6.45) is 1.91. The van der Waals surface area contributed by atoms with Crippen molar-refractivity contribution < 1.29 is 4.79 Å². The lowest BCUT2D eigenvalue weighted by Gasteiger charge is -2.12. The lowest BCUT2D eigenvalue weighted by molar-refractivity contribution is -0.119. The second kappa shape index (κ2) is 7.60. The molecule has 0 heterocycles. The molecule has 19 heavy (non-hydrogen) atoms. The molecule has 0 aliphatic carbocycles. The van der Waals surface area contributed by atoms with Crippen molar-refractivity contribution in [1.82, 2.24) is 0 Å². The van der Waals surface area contributed by atoms with Gasteiger partial charge in [-0.05, 0) is 37.1 Å². The monoisotopic (exact) mass is 258 g/mol. The van der Waals surface area contributed by atoms with Crippen LogP contribution in [-0.2, 0) is 4.79 Å². The van der Waals surface area contributed by atoms with Crippen molar-refractivity contribution in [1.29, 1.82) is 0 Å². The summed E-state index contributed by atoms with van der Waals surface area (Å²) < 4.78 is 0. The van der Waals surface area contributed by atoms with Gasteiger partial charge in [-0.15, -0.1) is 0 Å². The van der Waals surface area contributed by atoms with E-state index in [9.17, 15) is 4.79 Å². The first kappa shape index (κ1) is 15.3. The molecular weight excluding hydrogens is 236 g/mol. The SMILES string of the molecule is CCCC(C)C(=O)Nc1cc(C)cc(C#CCN)c1. The van der Waals surface area contributed by atoms with Crippen LogP contribution in [0.2, 0.25) is 0 Å². The first-order chi connectivity index (χ1) is 9.06. The van der Waals surface area contributed by atoms with E-state index in [-0.39, 0.29) is 11.8 Å². The molecule has 1 aromatic rings. The number of carbonyl (C=O) groups is 1. The number of benzene rings is 1. The lowest BCUT2D eigenvalue weighted by atomic mass is 10.0. The largest absolute Gasteiger partial charge is 0.326 e. The van der Waals surface area contributed by atoms with Gasteiger partial charge in [-0.1, -0.05) is 32.1 Å². The summed E-state index contributed by atoms with van der Waals surface area (Å²) in [5.74, 6) is 5.90. The van der Waals surface area contributed by atoms with E-state index < -0.39 is 0 Å². The summed E-state index contributed by atoms with van der Waals surface area (Å²) in [4.78, 5) is 12.0. The molecule has 0 aliphatic heterocycles. The third-order valence-corrected chi connectivity index (χ3v) is 2.85. The van der Waals surface area contributed by atoms with Gasteiger partial charge < -0.3 is 11.1 Å². The normalized spacial score (nSPS) is 11.4. The maximum absolute atomic E-state index is 12.0. The van der Waals surface area contributed by atoms with E-state index in [4.69, 9.17) is 5.73 Å². The van der Waals surface area contributed by atoms with E-state index in [1.165, 1.54) is 0 Å². The van der Waals surface area contributed by atoms with E-state index in [1.54, 1.807) is 0 Å². The smallest absolute Gasteiger partial charge is 0.227 e. The summed E-state index contributed by atoms with van der Waals surface area (Å²) in [5.41, 5.74) is 8.11. The van der Waals surface area contributed by atoms with E-state index in [0.29, 0.717) is 6.54 Å². The fraction of sp³-hybridized carbons (Fsp3) is 0.438. The van der Waals surface area contributed by atoms with Crippen LogP contribution in [-0.4, -0.2) is 12.5 Å². The van der Waals surface area contributed by atoms with Gasteiger partial charge in [0.25, 0.3) is 0 Å². The summed E-state index contributed by atoms with van der Waals surface area (Å²) in [5, 5.41) is 2.95. The number of rotatable bonds is 4. The number of hydrogen-bond donors (Lipinski definition) is 2. The molecule has 0 aliphatic rings. The van der Waals surface area contributed by atoms with Gasteiger partial charge in [-0.2, -0.15) is 0 Å². The minimum atomic E-state index is 0.0316. The quantitative estimate of drug-likeness (QED) is 0.816. The standard InChI is InChI=1S/C16H22N2O/c1-4-6-13(3)16(19)18-15-10-12(2)9-14(11-15)7-5-8-17/h9-11,13H,4,6,8,17H2,1-3H3,(H,18,19). The number of nitrogens with two attached hydrogens (primary N) is 1. The Kier molecular flexibility index (Phi) is 6.11. The molecule has 1 aromatic carbocycles. The number of aryl methyl sites for hydroxylation is 1. The molecule has 0 saturated carbocycles. The Balaban J connectivity index is 2.83. The third-order valence-electron chi connectivity index (χ3n) is 2.85. The summed E-state index contributed by atoms with van der Waals surface area (Å²) in [6, 6.07) is 5.81. The van der Waals surface area contributed by atoms with E-state index in [1.807, 2.05) is 32.0 Å². The average molecular weight is 258 g/mol. The molecule has 1 unspecified atom stereocenters. The predicted octanol–water partition coefficient (Wildman–Crippen LogP) is 2.68. The zero-order valence-corrected chi connectivity index (χ0v) is 11.9. The molecule has 3 nitrogen and oxygen atoms in total. The van der Waals surface area contributed by atoms with Crippen molar-refractivity contribution in [3.63, 3.8) is 0 Å². The van der Waals surface area contributed by atoms with Crippen LogP contribution in [0.5, 0.6) is 0 Å². The summed E-state index contributed by atoms with van der Waals surface area (Å²) in [7, 11) is 0. The molecule has 3 N–H and O–H groups in total. The van der Waals surface area contributed by atoms with E-state index in [0.717, 1.165) is 29.7 Å². The van der Waals surface area contributed by atoms with Gasteiger partial charge >= 0.3 is 0 Å². The molecule has 3 heteroatoms. The lowest BCUT2D eigenvalue weighted by Crippen LogP contribution is -2.20. The van der Waals surface area contributed by atoms with Gasteiger partial charge in [0.1, 0.15) is 0 Å². The molecule has 0 saturated heterocycles. The molecule has 0 aromatic heterocycles. The summed E-state index contributed by atoms with van der Waals surface area (Å²) >= 11 is 0. The van der Waals surface area contributed by atoms with Crippen molar-refractivity contribution in [3.8, 4) is 11.8 Å². The van der Waals surface area contributed by atoms with Gasteiger partial charge in [0.05, 0.1) is 6.54 Å². The minimum Gasteiger partial charge on any atom is -0.326 e. The fourth-order valence-corrected chi connectivity index (χ4v) is 1.91. The van der Waals surface area contributed by atoms with Crippen LogP contribution < -0.4 is 11.1 Å². The Morgan fingerprint density at radius 2 is 2.16 bits per heavy atom. The van der Waals surface area contributed by atoms with Crippen LogP contribution in [0, 0.1) is 24.7 Å². The van der Waals surface area contributed by atoms with E-state index in [2.05, 4.69) is 24.1 Å². The number of amides is 1. The number of carbonyl (C=O) groups excluding carboxylic acids is 1. The Bertz CT molecular complexity index is 497. The first-order valence-electron chi connectivity index (χ1n) is 6.68. The predicted molar refractivity (Wildman–Crippen MR) is 79.8 cm³/mol. The molecule has 0 bridgehead atoms. The molecule has 0 radical (unpaired) electrons. The topological polar surface area (TPSA) is 55.1 Å². The molecular formula is C16H22N2O.